The van der Waals surface area contributed by atoms with Crippen molar-refractivity contribution in [2.45, 2.75) is 64.7 Å². The van der Waals surface area contributed by atoms with Gasteiger partial charge in [0.05, 0.1) is 12.2 Å². The van der Waals surface area contributed by atoms with E-state index in [-0.39, 0.29) is 18.0 Å². The lowest BCUT2D eigenvalue weighted by Crippen LogP contribution is -2.51. The van der Waals surface area contributed by atoms with E-state index in [9.17, 15) is 22.8 Å². The summed E-state index contributed by atoms with van der Waals surface area (Å²) in [6.45, 7) is 7.03. The van der Waals surface area contributed by atoms with Gasteiger partial charge in [0, 0.05) is 6.54 Å². The molecule has 30 heavy (non-hydrogen) atoms. The molecule has 1 heterocycles. The quantitative estimate of drug-likeness (QED) is 0.716. The molecule has 1 aromatic carbocycles. The van der Waals surface area contributed by atoms with Crippen molar-refractivity contribution in [3.05, 3.63) is 35.4 Å². The summed E-state index contributed by atoms with van der Waals surface area (Å²) in [6, 6.07) is 4.52. The number of carbonyl (C=O) groups excluding carboxylic acids is 2. The second-order valence-electron chi connectivity index (χ2n) is 9.74. The van der Waals surface area contributed by atoms with E-state index in [1.807, 2.05) is 0 Å². The summed E-state index contributed by atoms with van der Waals surface area (Å²) < 4.78 is 38.1. The lowest BCUT2D eigenvalue weighted by Gasteiger charge is -2.40. The fourth-order valence-electron chi connectivity index (χ4n) is 4.52. The fourth-order valence-corrected chi connectivity index (χ4v) is 4.52. The van der Waals surface area contributed by atoms with Crippen molar-refractivity contribution >= 4 is 11.9 Å². The molecule has 1 spiro atoms. The summed E-state index contributed by atoms with van der Waals surface area (Å²) in [5.41, 5.74) is -0.656. The highest BCUT2D eigenvalue weighted by molar-refractivity contribution is 6.07. The minimum atomic E-state index is -4.37. The van der Waals surface area contributed by atoms with E-state index >= 15 is 0 Å². The Kier molecular flexibility index (Phi) is 5.93. The van der Waals surface area contributed by atoms with E-state index in [0.29, 0.717) is 30.9 Å². The number of urea groups is 1. The normalized spacial score (nSPS) is 25.3. The first kappa shape index (κ1) is 22.6. The van der Waals surface area contributed by atoms with Crippen molar-refractivity contribution in [3.63, 3.8) is 0 Å². The first-order valence-corrected chi connectivity index (χ1v) is 10.3. The predicted molar refractivity (Wildman–Crippen MR) is 107 cm³/mol. The van der Waals surface area contributed by atoms with Gasteiger partial charge in [-0.1, -0.05) is 32.9 Å². The highest BCUT2D eigenvalue weighted by Gasteiger charge is 2.53. The van der Waals surface area contributed by atoms with Gasteiger partial charge in [-0.2, -0.15) is 13.2 Å². The molecule has 8 heteroatoms. The zero-order valence-corrected chi connectivity index (χ0v) is 18.0. The molecular formula is C22H30F3N3O2. The van der Waals surface area contributed by atoms with Gasteiger partial charge in [0.15, 0.2) is 0 Å². The summed E-state index contributed by atoms with van der Waals surface area (Å²) >= 11 is 0. The summed E-state index contributed by atoms with van der Waals surface area (Å²) in [7, 11) is 1.74. The Labute approximate surface area is 175 Å². The van der Waals surface area contributed by atoms with Crippen LogP contribution in [0.2, 0.25) is 0 Å². The lowest BCUT2D eigenvalue weighted by atomic mass is 9.67. The fraction of sp³-hybridized carbons (Fsp3) is 0.636. The average molecular weight is 425 g/mol. The molecule has 1 aliphatic carbocycles. The van der Waals surface area contributed by atoms with Crippen LogP contribution in [-0.2, 0) is 17.5 Å². The predicted octanol–water partition coefficient (Wildman–Crippen LogP) is 4.62. The third-order valence-corrected chi connectivity index (χ3v) is 6.43. The van der Waals surface area contributed by atoms with Crippen LogP contribution in [0.15, 0.2) is 24.3 Å². The maximum atomic E-state index is 13.1. The number of hydrogen-bond acceptors (Lipinski definition) is 3. The number of nitrogens with one attached hydrogen (secondary N) is 1. The molecule has 1 aromatic rings. The van der Waals surface area contributed by atoms with Gasteiger partial charge >= 0.3 is 12.2 Å². The van der Waals surface area contributed by atoms with E-state index < -0.39 is 23.3 Å². The largest absolute Gasteiger partial charge is 0.416 e. The number of rotatable bonds is 4. The van der Waals surface area contributed by atoms with Crippen molar-refractivity contribution in [2.75, 3.05) is 13.7 Å². The molecule has 2 fully saturated rings. The Balaban J connectivity index is 1.60. The molecule has 5 nitrogen and oxygen atoms in total. The third-order valence-electron chi connectivity index (χ3n) is 6.43. The summed E-state index contributed by atoms with van der Waals surface area (Å²) in [6.07, 6.45) is -1.31. The Hall–Kier alpha value is -2.09. The Morgan fingerprint density at radius 3 is 2.17 bits per heavy atom. The van der Waals surface area contributed by atoms with Crippen LogP contribution >= 0.6 is 0 Å². The minimum absolute atomic E-state index is 0.0934. The number of hydrogen-bond donors (Lipinski definition) is 1. The van der Waals surface area contributed by atoms with Crippen molar-refractivity contribution < 1.29 is 22.8 Å². The zero-order valence-electron chi connectivity index (χ0n) is 18.0. The Morgan fingerprint density at radius 1 is 1.10 bits per heavy atom. The first-order chi connectivity index (χ1) is 13.8. The number of halogens is 3. The van der Waals surface area contributed by atoms with E-state index in [0.717, 1.165) is 25.0 Å². The molecule has 1 aliphatic heterocycles. The molecule has 0 atom stereocenters. The van der Waals surface area contributed by atoms with Crippen LogP contribution in [0.1, 0.15) is 57.6 Å². The molecule has 0 unspecified atom stereocenters. The number of alkyl halides is 3. The molecule has 3 rings (SSSR count). The molecular weight excluding hydrogens is 395 g/mol. The topological polar surface area (TPSA) is 52.6 Å². The van der Waals surface area contributed by atoms with Crippen molar-refractivity contribution in [2.24, 2.45) is 11.3 Å². The summed E-state index contributed by atoms with van der Waals surface area (Å²) in [4.78, 5) is 28.6. The number of carbonyl (C=O) groups is 2. The molecule has 1 N–H and O–H groups in total. The molecule has 2 aliphatic rings. The molecule has 1 saturated carbocycles. The van der Waals surface area contributed by atoms with Crippen LogP contribution in [0, 0.1) is 11.3 Å². The molecule has 0 radical (unpaired) electrons. The Bertz CT molecular complexity index is 791. The van der Waals surface area contributed by atoms with Crippen LogP contribution < -0.4 is 5.32 Å². The number of nitrogens with zero attached hydrogens (tertiary/aromatic N) is 2. The molecule has 0 aromatic heterocycles. The minimum Gasteiger partial charge on any atom is -0.323 e. The van der Waals surface area contributed by atoms with E-state index in [4.69, 9.17) is 0 Å². The summed E-state index contributed by atoms with van der Waals surface area (Å²) in [5.74, 6) is 0.323. The van der Waals surface area contributed by atoms with Gasteiger partial charge in [-0.25, -0.2) is 9.69 Å². The van der Waals surface area contributed by atoms with Crippen LogP contribution in [-0.4, -0.2) is 41.0 Å². The number of amides is 3. The monoisotopic (exact) mass is 425 g/mol. The molecule has 1 saturated heterocycles. The number of benzene rings is 1. The average Bonchev–Trinajstić information content (AvgIpc) is 2.85. The van der Waals surface area contributed by atoms with Gasteiger partial charge in [0.25, 0.3) is 5.91 Å². The van der Waals surface area contributed by atoms with E-state index in [1.54, 1.807) is 11.9 Å². The van der Waals surface area contributed by atoms with Crippen molar-refractivity contribution in [1.82, 2.24) is 15.1 Å². The maximum absolute atomic E-state index is 13.1. The first-order valence-electron chi connectivity index (χ1n) is 10.3. The highest BCUT2D eigenvalue weighted by atomic mass is 19.4. The van der Waals surface area contributed by atoms with Gasteiger partial charge in [-0.05, 0) is 61.8 Å². The van der Waals surface area contributed by atoms with Gasteiger partial charge in [0.1, 0.15) is 5.54 Å². The molecule has 3 amide bonds. The molecule has 0 bridgehead atoms. The summed E-state index contributed by atoms with van der Waals surface area (Å²) in [5, 5.41) is 2.92. The van der Waals surface area contributed by atoms with Crippen LogP contribution in [0.5, 0.6) is 0 Å². The molecule has 166 valence electrons. The van der Waals surface area contributed by atoms with Crippen molar-refractivity contribution in [3.8, 4) is 0 Å². The number of imide groups is 1. The van der Waals surface area contributed by atoms with E-state index in [1.165, 1.54) is 17.0 Å². The SMILES string of the molecule is CN(Cc1ccc(C(F)(F)F)cc1)CN1C(=O)NC2(CCC(C(C)(C)C)CC2)C1=O. The standard InChI is InChI=1S/C22H30F3N3O2/c1-20(2,3)16-9-11-21(12-10-16)18(29)28(19(30)26-21)14-27(4)13-15-5-7-17(8-6-15)22(23,24)25/h5-8,16H,9-14H2,1-4H3,(H,26,30). The Morgan fingerprint density at radius 2 is 1.67 bits per heavy atom. The second-order valence-corrected chi connectivity index (χ2v) is 9.74. The smallest absolute Gasteiger partial charge is 0.323 e. The van der Waals surface area contributed by atoms with Crippen LogP contribution in [0.25, 0.3) is 0 Å². The highest BCUT2D eigenvalue weighted by Crippen LogP contribution is 2.43. The van der Waals surface area contributed by atoms with Crippen LogP contribution in [0.3, 0.4) is 0 Å². The van der Waals surface area contributed by atoms with Gasteiger partial charge in [0.2, 0.25) is 0 Å². The lowest BCUT2D eigenvalue weighted by molar-refractivity contribution is -0.137. The van der Waals surface area contributed by atoms with Crippen LogP contribution in [0.4, 0.5) is 18.0 Å². The zero-order chi connectivity index (χ0) is 22.3. The van der Waals surface area contributed by atoms with Gasteiger partial charge in [-0.3, -0.25) is 9.69 Å². The van der Waals surface area contributed by atoms with Gasteiger partial charge < -0.3 is 5.32 Å². The maximum Gasteiger partial charge on any atom is 0.416 e. The van der Waals surface area contributed by atoms with E-state index in [2.05, 4.69) is 26.1 Å². The van der Waals surface area contributed by atoms with Crippen molar-refractivity contribution in [1.29, 1.82) is 0 Å². The third kappa shape index (κ3) is 4.63. The van der Waals surface area contributed by atoms with Gasteiger partial charge in [-0.15, -0.1) is 0 Å². The second kappa shape index (κ2) is 7.87.